The second-order valence-corrected chi connectivity index (χ2v) is 4.64. The van der Waals surface area contributed by atoms with Crippen LogP contribution in [0.15, 0.2) is 36.4 Å². The highest BCUT2D eigenvalue weighted by molar-refractivity contribution is 5.91. The van der Waals surface area contributed by atoms with Gasteiger partial charge in [0, 0.05) is 6.07 Å². The van der Waals surface area contributed by atoms with E-state index in [0.29, 0.717) is 0 Å². The van der Waals surface area contributed by atoms with Crippen LogP contribution in [0.5, 0.6) is 11.5 Å². The predicted octanol–water partition coefficient (Wildman–Crippen LogP) is 3.70. The summed E-state index contributed by atoms with van der Waals surface area (Å²) < 4.78 is 5.48. The maximum atomic E-state index is 11.2. The Kier molecular flexibility index (Phi) is 3.89. The summed E-state index contributed by atoms with van der Waals surface area (Å²) in [4.78, 5) is 21.7. The molecule has 1 N–H and O–H groups in total. The van der Waals surface area contributed by atoms with E-state index in [0.717, 1.165) is 11.1 Å². The van der Waals surface area contributed by atoms with Crippen LogP contribution >= 0.6 is 0 Å². The minimum absolute atomic E-state index is 0.0198. The van der Waals surface area contributed by atoms with Crippen LogP contribution in [-0.2, 0) is 0 Å². The van der Waals surface area contributed by atoms with Crippen molar-refractivity contribution in [2.45, 2.75) is 13.8 Å². The average Bonchev–Trinajstić information content (AvgIpc) is 2.40. The third-order valence-corrected chi connectivity index (χ3v) is 2.90. The molecule has 0 bridgehead atoms. The molecule has 0 atom stereocenters. The summed E-state index contributed by atoms with van der Waals surface area (Å²) in [5, 5.41) is 20.2. The summed E-state index contributed by atoms with van der Waals surface area (Å²) in [6.07, 6.45) is 0. The van der Waals surface area contributed by atoms with Crippen molar-refractivity contribution >= 4 is 11.7 Å². The van der Waals surface area contributed by atoms with E-state index in [9.17, 15) is 20.0 Å². The number of ether oxygens (including phenoxy) is 1. The van der Waals surface area contributed by atoms with Gasteiger partial charge in [-0.05, 0) is 37.6 Å². The summed E-state index contributed by atoms with van der Waals surface area (Å²) in [5.41, 5.74) is 1.29. The highest BCUT2D eigenvalue weighted by Gasteiger charge is 2.19. The SMILES string of the molecule is Cc1ccc([N+](=O)[O-])c(Oc2ccc(C)cc2C(=O)O)c1. The number of rotatable bonds is 4. The third-order valence-electron chi connectivity index (χ3n) is 2.90. The van der Waals surface area contributed by atoms with E-state index in [1.807, 2.05) is 0 Å². The van der Waals surface area contributed by atoms with Gasteiger partial charge in [-0.1, -0.05) is 17.7 Å². The molecule has 2 rings (SSSR count). The molecule has 0 spiro atoms. The van der Waals surface area contributed by atoms with Crippen LogP contribution in [-0.4, -0.2) is 16.0 Å². The molecule has 0 radical (unpaired) electrons. The number of carboxylic acid groups (broad SMARTS) is 1. The lowest BCUT2D eigenvalue weighted by molar-refractivity contribution is -0.385. The summed E-state index contributed by atoms with van der Waals surface area (Å²) in [7, 11) is 0. The molecule has 0 aliphatic carbocycles. The number of nitro benzene ring substituents is 1. The lowest BCUT2D eigenvalue weighted by Gasteiger charge is -2.10. The molecule has 0 fully saturated rings. The number of aryl methyl sites for hydroxylation is 2. The first-order valence-corrected chi connectivity index (χ1v) is 6.15. The number of nitro groups is 1. The van der Waals surface area contributed by atoms with E-state index in [4.69, 9.17) is 4.74 Å². The monoisotopic (exact) mass is 287 g/mol. The smallest absolute Gasteiger partial charge is 0.339 e. The van der Waals surface area contributed by atoms with Gasteiger partial charge in [0.15, 0.2) is 0 Å². The van der Waals surface area contributed by atoms with Crippen molar-refractivity contribution < 1.29 is 19.6 Å². The van der Waals surface area contributed by atoms with Gasteiger partial charge in [-0.2, -0.15) is 0 Å². The molecule has 0 aromatic heterocycles. The summed E-state index contributed by atoms with van der Waals surface area (Å²) in [5.74, 6) is -1.06. The Morgan fingerprint density at radius 3 is 2.33 bits per heavy atom. The third kappa shape index (κ3) is 3.17. The van der Waals surface area contributed by atoms with Crippen LogP contribution in [0.25, 0.3) is 0 Å². The van der Waals surface area contributed by atoms with Crippen LogP contribution in [0.3, 0.4) is 0 Å². The van der Waals surface area contributed by atoms with E-state index in [2.05, 4.69) is 0 Å². The van der Waals surface area contributed by atoms with Gasteiger partial charge >= 0.3 is 11.7 Å². The van der Waals surface area contributed by atoms with Crippen molar-refractivity contribution in [1.82, 2.24) is 0 Å². The summed E-state index contributed by atoms with van der Waals surface area (Å²) >= 11 is 0. The van der Waals surface area contributed by atoms with Crippen molar-refractivity contribution in [3.63, 3.8) is 0 Å². The van der Waals surface area contributed by atoms with E-state index in [1.165, 1.54) is 24.3 Å². The fourth-order valence-electron chi connectivity index (χ4n) is 1.87. The number of carbonyl (C=O) groups is 1. The van der Waals surface area contributed by atoms with Gasteiger partial charge < -0.3 is 9.84 Å². The molecule has 0 aliphatic heterocycles. The molecule has 0 heterocycles. The van der Waals surface area contributed by atoms with Crippen LogP contribution in [0.2, 0.25) is 0 Å². The normalized spacial score (nSPS) is 10.2. The Balaban J connectivity index is 2.50. The van der Waals surface area contributed by atoms with Crippen molar-refractivity contribution in [2.24, 2.45) is 0 Å². The molecule has 2 aromatic rings. The van der Waals surface area contributed by atoms with E-state index < -0.39 is 10.9 Å². The average molecular weight is 287 g/mol. The Morgan fingerprint density at radius 1 is 1.10 bits per heavy atom. The largest absolute Gasteiger partial charge is 0.478 e. The quantitative estimate of drug-likeness (QED) is 0.684. The van der Waals surface area contributed by atoms with Gasteiger partial charge in [-0.25, -0.2) is 4.79 Å². The van der Waals surface area contributed by atoms with Gasteiger partial charge in [-0.3, -0.25) is 10.1 Å². The Hall–Kier alpha value is -2.89. The first-order valence-electron chi connectivity index (χ1n) is 6.15. The molecule has 108 valence electrons. The van der Waals surface area contributed by atoms with Crippen molar-refractivity contribution in [3.8, 4) is 11.5 Å². The van der Waals surface area contributed by atoms with Crippen molar-refractivity contribution in [3.05, 3.63) is 63.2 Å². The molecule has 2 aromatic carbocycles. The molecule has 0 saturated heterocycles. The Bertz CT molecular complexity index is 724. The molecular formula is C15H13NO5. The molecule has 6 heteroatoms. The number of carboxylic acids is 1. The lowest BCUT2D eigenvalue weighted by atomic mass is 10.1. The number of benzene rings is 2. The Labute approximate surface area is 120 Å². The number of aromatic carboxylic acids is 1. The number of hydrogen-bond donors (Lipinski definition) is 1. The second kappa shape index (κ2) is 5.62. The standard InChI is InChI=1S/C15H13NO5/c1-9-4-6-13(11(7-9)15(17)18)21-14-8-10(2)3-5-12(14)16(19)20/h3-8H,1-2H3,(H,17,18). The highest BCUT2D eigenvalue weighted by atomic mass is 16.6. The van der Waals surface area contributed by atoms with Crippen molar-refractivity contribution in [1.29, 1.82) is 0 Å². The highest BCUT2D eigenvalue weighted by Crippen LogP contribution is 2.34. The van der Waals surface area contributed by atoms with E-state index >= 15 is 0 Å². The second-order valence-electron chi connectivity index (χ2n) is 4.64. The first kappa shape index (κ1) is 14.5. The number of nitrogens with zero attached hydrogens (tertiary/aromatic N) is 1. The van der Waals surface area contributed by atoms with Crippen LogP contribution in [0.4, 0.5) is 5.69 Å². The predicted molar refractivity (Wildman–Crippen MR) is 76.0 cm³/mol. The summed E-state index contributed by atoms with van der Waals surface area (Å²) in [6.45, 7) is 3.52. The molecule has 0 amide bonds. The topological polar surface area (TPSA) is 89.7 Å². The molecule has 21 heavy (non-hydrogen) atoms. The summed E-state index contributed by atoms with van der Waals surface area (Å²) in [6, 6.07) is 9.06. The lowest BCUT2D eigenvalue weighted by Crippen LogP contribution is -2.02. The van der Waals surface area contributed by atoms with Crippen LogP contribution < -0.4 is 4.74 Å². The van der Waals surface area contributed by atoms with Crippen LogP contribution in [0.1, 0.15) is 21.5 Å². The maximum Gasteiger partial charge on any atom is 0.339 e. The zero-order valence-corrected chi connectivity index (χ0v) is 11.5. The van der Waals surface area contributed by atoms with Gasteiger partial charge in [0.05, 0.1) is 4.92 Å². The van der Waals surface area contributed by atoms with E-state index in [-0.39, 0.29) is 22.7 Å². The number of hydrogen-bond acceptors (Lipinski definition) is 4. The molecule has 0 saturated carbocycles. The zero-order valence-electron chi connectivity index (χ0n) is 11.5. The minimum Gasteiger partial charge on any atom is -0.478 e. The molecular weight excluding hydrogens is 274 g/mol. The fraction of sp³-hybridized carbons (Fsp3) is 0.133. The minimum atomic E-state index is -1.15. The van der Waals surface area contributed by atoms with Gasteiger partial charge in [0.1, 0.15) is 11.3 Å². The van der Waals surface area contributed by atoms with Gasteiger partial charge in [0.25, 0.3) is 0 Å². The van der Waals surface area contributed by atoms with Gasteiger partial charge in [0.2, 0.25) is 5.75 Å². The van der Waals surface area contributed by atoms with Crippen LogP contribution in [0, 0.1) is 24.0 Å². The molecule has 6 nitrogen and oxygen atoms in total. The first-order chi connectivity index (χ1) is 9.88. The Morgan fingerprint density at radius 2 is 1.71 bits per heavy atom. The molecule has 0 aliphatic rings. The maximum absolute atomic E-state index is 11.2. The molecule has 0 unspecified atom stereocenters. The van der Waals surface area contributed by atoms with E-state index in [1.54, 1.807) is 26.0 Å². The van der Waals surface area contributed by atoms with Gasteiger partial charge in [-0.15, -0.1) is 0 Å². The fourth-order valence-corrected chi connectivity index (χ4v) is 1.87. The van der Waals surface area contributed by atoms with Crippen molar-refractivity contribution in [2.75, 3.05) is 0 Å². The zero-order chi connectivity index (χ0) is 15.6.